The van der Waals surface area contributed by atoms with E-state index in [2.05, 4.69) is 57.5 Å². The van der Waals surface area contributed by atoms with E-state index in [1.807, 2.05) is 6.92 Å². The van der Waals surface area contributed by atoms with Crippen LogP contribution in [-0.2, 0) is 6.42 Å². The summed E-state index contributed by atoms with van der Waals surface area (Å²) in [5.74, 6) is 0.832. The smallest absolute Gasteiger partial charge is 0.143 e. The Bertz CT molecular complexity index is 698. The summed E-state index contributed by atoms with van der Waals surface area (Å²) in [6.45, 7) is 4.17. The second-order valence-corrected chi connectivity index (χ2v) is 4.61. The summed E-state index contributed by atoms with van der Waals surface area (Å²) < 4.78 is 0. The van der Waals surface area contributed by atoms with Crippen LogP contribution < -0.4 is 5.32 Å². The summed E-state index contributed by atoms with van der Waals surface area (Å²) >= 11 is 0. The van der Waals surface area contributed by atoms with E-state index in [-0.39, 0.29) is 0 Å². The molecule has 4 heteroatoms. The van der Waals surface area contributed by atoms with E-state index >= 15 is 0 Å². The fourth-order valence-electron chi connectivity index (χ4n) is 2.13. The quantitative estimate of drug-likeness (QED) is 0.749. The number of aryl methyl sites for hydroxylation is 2. The van der Waals surface area contributed by atoms with E-state index in [0.29, 0.717) is 0 Å². The number of anilines is 2. The minimum atomic E-state index is 0.832. The number of benzene rings is 1. The van der Waals surface area contributed by atoms with Crippen molar-refractivity contribution in [3.8, 4) is 0 Å². The van der Waals surface area contributed by atoms with Crippen LogP contribution in [0.3, 0.4) is 0 Å². The zero-order chi connectivity index (χ0) is 13.2. The lowest BCUT2D eigenvalue weighted by Crippen LogP contribution is -1.95. The Hall–Kier alpha value is -2.36. The van der Waals surface area contributed by atoms with Gasteiger partial charge in [0.1, 0.15) is 17.8 Å². The van der Waals surface area contributed by atoms with E-state index in [1.54, 1.807) is 6.33 Å². The molecule has 96 valence electrons. The number of aromatic nitrogens is 3. The first-order chi connectivity index (χ1) is 9.26. The lowest BCUT2D eigenvalue weighted by Gasteiger charge is -2.06. The van der Waals surface area contributed by atoms with Gasteiger partial charge in [0, 0.05) is 11.4 Å². The maximum absolute atomic E-state index is 4.32. The van der Waals surface area contributed by atoms with Crippen LogP contribution in [-0.4, -0.2) is 15.0 Å². The third kappa shape index (κ3) is 2.29. The van der Waals surface area contributed by atoms with Crippen LogP contribution in [0.15, 0.2) is 36.7 Å². The Labute approximate surface area is 111 Å². The van der Waals surface area contributed by atoms with E-state index in [0.717, 1.165) is 34.7 Å². The first-order valence-electron chi connectivity index (χ1n) is 6.42. The maximum Gasteiger partial charge on any atom is 0.143 e. The van der Waals surface area contributed by atoms with Crippen LogP contribution in [0.4, 0.5) is 11.5 Å². The molecule has 3 rings (SSSR count). The lowest BCUT2D eigenvalue weighted by atomic mass is 10.1. The highest BCUT2D eigenvalue weighted by molar-refractivity contribution is 5.89. The molecular formula is C15H16N4. The van der Waals surface area contributed by atoms with Crippen molar-refractivity contribution in [1.29, 1.82) is 0 Å². The molecule has 2 aromatic heterocycles. The Morgan fingerprint density at radius 2 is 1.95 bits per heavy atom. The first-order valence-corrected chi connectivity index (χ1v) is 6.42. The Balaban J connectivity index is 1.95. The number of hydrogen-bond donors (Lipinski definition) is 2. The molecule has 0 aliphatic carbocycles. The van der Waals surface area contributed by atoms with Gasteiger partial charge in [0.25, 0.3) is 0 Å². The highest BCUT2D eigenvalue weighted by atomic mass is 15.0. The van der Waals surface area contributed by atoms with Gasteiger partial charge in [-0.05, 0) is 37.1 Å². The lowest BCUT2D eigenvalue weighted by molar-refractivity contribution is 1.14. The summed E-state index contributed by atoms with van der Waals surface area (Å²) in [6, 6.07) is 10.5. The van der Waals surface area contributed by atoms with Gasteiger partial charge in [-0.25, -0.2) is 9.97 Å². The Kier molecular flexibility index (Phi) is 2.91. The van der Waals surface area contributed by atoms with Gasteiger partial charge in [0.2, 0.25) is 0 Å². The third-order valence-electron chi connectivity index (χ3n) is 3.19. The van der Waals surface area contributed by atoms with Crippen molar-refractivity contribution in [3.05, 3.63) is 47.9 Å². The first kappa shape index (κ1) is 11.7. The van der Waals surface area contributed by atoms with E-state index in [9.17, 15) is 0 Å². The predicted octanol–water partition coefficient (Wildman–Crippen LogP) is 3.57. The molecule has 0 fully saturated rings. The summed E-state index contributed by atoms with van der Waals surface area (Å²) in [5, 5.41) is 4.35. The number of fused-ring (bicyclic) bond motifs is 1. The van der Waals surface area contributed by atoms with E-state index < -0.39 is 0 Å². The molecular weight excluding hydrogens is 236 g/mol. The van der Waals surface area contributed by atoms with Crippen molar-refractivity contribution < 1.29 is 0 Å². The maximum atomic E-state index is 4.32. The van der Waals surface area contributed by atoms with E-state index in [1.165, 1.54) is 5.56 Å². The molecule has 0 aliphatic rings. The minimum absolute atomic E-state index is 0.832. The molecule has 0 atom stereocenters. The fraction of sp³-hybridized carbons (Fsp3) is 0.200. The van der Waals surface area contributed by atoms with Crippen LogP contribution in [0, 0.1) is 6.92 Å². The SMILES string of the molecule is CCc1ccc(Nc2ncnc3[nH]c(C)cc23)cc1. The van der Waals surface area contributed by atoms with Gasteiger partial charge in [-0.2, -0.15) is 0 Å². The standard InChI is InChI=1S/C15H16N4/c1-3-11-4-6-12(7-5-11)19-15-13-8-10(2)18-14(13)16-9-17-15/h4-9H,3H2,1-2H3,(H2,16,17,18,19). The molecule has 2 heterocycles. The van der Waals surface area contributed by atoms with Crippen molar-refractivity contribution in [2.24, 2.45) is 0 Å². The molecule has 0 aliphatic heterocycles. The average Bonchev–Trinajstić information content (AvgIpc) is 2.81. The van der Waals surface area contributed by atoms with Gasteiger partial charge >= 0.3 is 0 Å². The molecule has 19 heavy (non-hydrogen) atoms. The zero-order valence-electron chi connectivity index (χ0n) is 11.1. The fourth-order valence-corrected chi connectivity index (χ4v) is 2.13. The number of nitrogens with one attached hydrogen (secondary N) is 2. The summed E-state index contributed by atoms with van der Waals surface area (Å²) in [5.41, 5.74) is 4.31. The van der Waals surface area contributed by atoms with Crippen molar-refractivity contribution >= 4 is 22.5 Å². The monoisotopic (exact) mass is 252 g/mol. The molecule has 0 unspecified atom stereocenters. The average molecular weight is 252 g/mol. The van der Waals surface area contributed by atoms with E-state index in [4.69, 9.17) is 0 Å². The highest BCUT2D eigenvalue weighted by Gasteiger charge is 2.06. The molecule has 0 spiro atoms. The number of aromatic amines is 1. The van der Waals surface area contributed by atoms with Crippen LogP contribution in [0.1, 0.15) is 18.2 Å². The summed E-state index contributed by atoms with van der Waals surface area (Å²) in [6.07, 6.45) is 2.62. The number of H-pyrrole nitrogens is 1. The van der Waals surface area contributed by atoms with Gasteiger partial charge in [0.05, 0.1) is 5.39 Å². The second-order valence-electron chi connectivity index (χ2n) is 4.61. The van der Waals surface area contributed by atoms with Crippen LogP contribution in [0.2, 0.25) is 0 Å². The van der Waals surface area contributed by atoms with Gasteiger partial charge in [-0.3, -0.25) is 0 Å². The second kappa shape index (κ2) is 4.72. The molecule has 1 aromatic carbocycles. The van der Waals surface area contributed by atoms with Crippen molar-refractivity contribution in [3.63, 3.8) is 0 Å². The van der Waals surface area contributed by atoms with Crippen LogP contribution >= 0.6 is 0 Å². The van der Waals surface area contributed by atoms with Crippen molar-refractivity contribution in [1.82, 2.24) is 15.0 Å². The molecule has 4 nitrogen and oxygen atoms in total. The van der Waals surface area contributed by atoms with Crippen molar-refractivity contribution in [2.45, 2.75) is 20.3 Å². The molecule has 2 N–H and O–H groups in total. The van der Waals surface area contributed by atoms with Crippen LogP contribution in [0.5, 0.6) is 0 Å². The van der Waals surface area contributed by atoms with Crippen molar-refractivity contribution in [2.75, 3.05) is 5.32 Å². The minimum Gasteiger partial charge on any atom is -0.343 e. The molecule has 0 saturated carbocycles. The normalized spacial score (nSPS) is 10.8. The number of rotatable bonds is 3. The van der Waals surface area contributed by atoms with Gasteiger partial charge < -0.3 is 10.3 Å². The topological polar surface area (TPSA) is 53.6 Å². The molecule has 0 radical (unpaired) electrons. The largest absolute Gasteiger partial charge is 0.343 e. The molecule has 0 amide bonds. The zero-order valence-corrected chi connectivity index (χ0v) is 11.1. The van der Waals surface area contributed by atoms with Gasteiger partial charge in [-0.1, -0.05) is 19.1 Å². The number of nitrogens with zero attached hydrogens (tertiary/aromatic N) is 2. The van der Waals surface area contributed by atoms with Crippen LogP contribution in [0.25, 0.3) is 11.0 Å². The Morgan fingerprint density at radius 3 is 2.68 bits per heavy atom. The Morgan fingerprint density at radius 1 is 1.16 bits per heavy atom. The third-order valence-corrected chi connectivity index (χ3v) is 3.19. The van der Waals surface area contributed by atoms with Gasteiger partial charge in [-0.15, -0.1) is 0 Å². The molecule has 0 saturated heterocycles. The number of hydrogen-bond acceptors (Lipinski definition) is 3. The summed E-state index contributed by atoms with van der Waals surface area (Å²) in [7, 11) is 0. The summed E-state index contributed by atoms with van der Waals surface area (Å²) in [4.78, 5) is 11.8. The predicted molar refractivity (Wildman–Crippen MR) is 77.7 cm³/mol. The highest BCUT2D eigenvalue weighted by Crippen LogP contribution is 2.23. The van der Waals surface area contributed by atoms with Gasteiger partial charge in [0.15, 0.2) is 0 Å². The molecule has 0 bridgehead atoms. The molecule has 3 aromatic rings.